The highest BCUT2D eigenvalue weighted by atomic mass is 16.5. The van der Waals surface area contributed by atoms with E-state index in [0.717, 1.165) is 70.4 Å². The van der Waals surface area contributed by atoms with Gasteiger partial charge in [-0.05, 0) is 37.1 Å². The fourth-order valence-corrected chi connectivity index (χ4v) is 2.48. The standard InChI is InChI=1S/C18H29NO3/c1-2-3-4-13-21-17-6-8-18(9-7-17)22-14-5-10-19-11-15-20-16-12-19/h6-9H,2-5,10-16H2,1H3. The minimum absolute atomic E-state index is 0.758. The maximum Gasteiger partial charge on any atom is 0.119 e. The van der Waals surface area contributed by atoms with Crippen molar-refractivity contribution < 1.29 is 14.2 Å². The van der Waals surface area contributed by atoms with Crippen molar-refractivity contribution in [3.8, 4) is 11.5 Å². The molecule has 4 nitrogen and oxygen atoms in total. The molecule has 4 heteroatoms. The molecule has 0 unspecified atom stereocenters. The second-order valence-electron chi connectivity index (χ2n) is 5.68. The molecule has 124 valence electrons. The van der Waals surface area contributed by atoms with E-state index in [9.17, 15) is 0 Å². The summed E-state index contributed by atoms with van der Waals surface area (Å²) in [6.07, 6.45) is 4.62. The number of benzene rings is 1. The Kier molecular flexibility index (Phi) is 8.13. The summed E-state index contributed by atoms with van der Waals surface area (Å²) in [5.41, 5.74) is 0. The minimum Gasteiger partial charge on any atom is -0.494 e. The summed E-state index contributed by atoms with van der Waals surface area (Å²) in [4.78, 5) is 2.43. The lowest BCUT2D eigenvalue weighted by Gasteiger charge is -2.26. The monoisotopic (exact) mass is 307 g/mol. The summed E-state index contributed by atoms with van der Waals surface area (Å²) in [5.74, 6) is 1.85. The summed E-state index contributed by atoms with van der Waals surface area (Å²) in [6, 6.07) is 7.96. The van der Waals surface area contributed by atoms with E-state index in [0.29, 0.717) is 0 Å². The average molecular weight is 307 g/mol. The Morgan fingerprint density at radius 2 is 1.50 bits per heavy atom. The molecule has 1 aliphatic heterocycles. The van der Waals surface area contributed by atoms with Crippen LogP contribution in [0.4, 0.5) is 0 Å². The molecule has 2 rings (SSSR count). The summed E-state index contributed by atoms with van der Waals surface area (Å²) in [6.45, 7) is 8.66. The molecular formula is C18H29NO3. The fourth-order valence-electron chi connectivity index (χ4n) is 2.48. The Labute approximate surface area is 134 Å². The molecule has 1 aromatic rings. The normalized spacial score (nSPS) is 15.7. The lowest BCUT2D eigenvalue weighted by molar-refractivity contribution is 0.0358. The molecule has 0 aromatic heterocycles. The minimum atomic E-state index is 0.758. The van der Waals surface area contributed by atoms with E-state index in [1.165, 1.54) is 12.8 Å². The largest absolute Gasteiger partial charge is 0.494 e. The van der Waals surface area contributed by atoms with Gasteiger partial charge in [0, 0.05) is 19.6 Å². The number of nitrogens with zero attached hydrogens (tertiary/aromatic N) is 1. The first kappa shape index (κ1) is 17.1. The Balaban J connectivity index is 1.57. The molecule has 0 atom stereocenters. The lowest BCUT2D eigenvalue weighted by atomic mass is 10.3. The number of hydrogen-bond donors (Lipinski definition) is 0. The van der Waals surface area contributed by atoms with E-state index in [1.54, 1.807) is 0 Å². The highest BCUT2D eigenvalue weighted by Gasteiger charge is 2.09. The number of hydrogen-bond acceptors (Lipinski definition) is 4. The van der Waals surface area contributed by atoms with Crippen molar-refractivity contribution in [1.82, 2.24) is 4.90 Å². The summed E-state index contributed by atoms with van der Waals surface area (Å²) >= 11 is 0. The van der Waals surface area contributed by atoms with Crippen LogP contribution in [0.2, 0.25) is 0 Å². The number of unbranched alkanes of at least 4 members (excludes halogenated alkanes) is 2. The molecule has 0 aliphatic carbocycles. The van der Waals surface area contributed by atoms with Crippen molar-refractivity contribution >= 4 is 0 Å². The topological polar surface area (TPSA) is 30.9 Å². The number of ether oxygens (including phenoxy) is 3. The maximum atomic E-state index is 5.78. The zero-order chi connectivity index (χ0) is 15.5. The van der Waals surface area contributed by atoms with Crippen molar-refractivity contribution in [1.29, 1.82) is 0 Å². The second kappa shape index (κ2) is 10.5. The molecule has 0 N–H and O–H groups in total. The predicted octanol–water partition coefficient (Wildman–Crippen LogP) is 3.36. The summed E-state index contributed by atoms with van der Waals surface area (Å²) < 4.78 is 16.8. The van der Waals surface area contributed by atoms with Gasteiger partial charge in [-0.15, -0.1) is 0 Å². The molecule has 1 aromatic carbocycles. The van der Waals surface area contributed by atoms with Gasteiger partial charge in [-0.1, -0.05) is 19.8 Å². The number of rotatable bonds is 10. The van der Waals surface area contributed by atoms with Gasteiger partial charge in [0.25, 0.3) is 0 Å². The molecule has 1 saturated heterocycles. The molecule has 0 bridgehead atoms. The van der Waals surface area contributed by atoms with Crippen LogP contribution >= 0.6 is 0 Å². The van der Waals surface area contributed by atoms with Gasteiger partial charge >= 0.3 is 0 Å². The van der Waals surface area contributed by atoms with Gasteiger partial charge < -0.3 is 14.2 Å². The van der Waals surface area contributed by atoms with Gasteiger partial charge in [0.15, 0.2) is 0 Å². The van der Waals surface area contributed by atoms with Crippen LogP contribution in [0.3, 0.4) is 0 Å². The first-order valence-corrected chi connectivity index (χ1v) is 8.54. The Bertz CT molecular complexity index is 388. The first-order chi connectivity index (χ1) is 10.9. The van der Waals surface area contributed by atoms with Crippen LogP contribution in [0.25, 0.3) is 0 Å². The third-order valence-corrected chi connectivity index (χ3v) is 3.83. The van der Waals surface area contributed by atoms with Gasteiger partial charge in [-0.2, -0.15) is 0 Å². The second-order valence-corrected chi connectivity index (χ2v) is 5.68. The van der Waals surface area contributed by atoms with Gasteiger partial charge in [-0.3, -0.25) is 4.90 Å². The average Bonchev–Trinajstić information content (AvgIpc) is 2.58. The quantitative estimate of drug-likeness (QED) is 0.620. The molecule has 0 spiro atoms. The molecule has 1 fully saturated rings. The van der Waals surface area contributed by atoms with Crippen molar-refractivity contribution in [2.45, 2.75) is 32.6 Å². The molecule has 1 heterocycles. The van der Waals surface area contributed by atoms with Crippen molar-refractivity contribution in [3.63, 3.8) is 0 Å². The SMILES string of the molecule is CCCCCOc1ccc(OCCCN2CCOCC2)cc1. The van der Waals surface area contributed by atoms with Crippen molar-refractivity contribution in [2.75, 3.05) is 46.1 Å². The Hall–Kier alpha value is -1.26. The molecule has 0 radical (unpaired) electrons. The Morgan fingerprint density at radius 3 is 2.09 bits per heavy atom. The van der Waals surface area contributed by atoms with Gasteiger partial charge in [0.1, 0.15) is 11.5 Å². The molecule has 22 heavy (non-hydrogen) atoms. The maximum absolute atomic E-state index is 5.78. The van der Waals surface area contributed by atoms with Gasteiger partial charge in [0.2, 0.25) is 0 Å². The predicted molar refractivity (Wildman–Crippen MR) is 88.8 cm³/mol. The van der Waals surface area contributed by atoms with Crippen molar-refractivity contribution in [2.24, 2.45) is 0 Å². The zero-order valence-corrected chi connectivity index (χ0v) is 13.8. The van der Waals surface area contributed by atoms with Crippen LogP contribution in [0.1, 0.15) is 32.6 Å². The fraction of sp³-hybridized carbons (Fsp3) is 0.667. The third kappa shape index (κ3) is 6.67. The smallest absolute Gasteiger partial charge is 0.119 e. The summed E-state index contributed by atoms with van der Waals surface area (Å²) in [7, 11) is 0. The van der Waals surface area contributed by atoms with Crippen LogP contribution in [-0.2, 0) is 4.74 Å². The lowest BCUT2D eigenvalue weighted by Crippen LogP contribution is -2.37. The van der Waals surface area contributed by atoms with Gasteiger partial charge in [-0.25, -0.2) is 0 Å². The first-order valence-electron chi connectivity index (χ1n) is 8.54. The summed E-state index contributed by atoms with van der Waals surface area (Å²) in [5, 5.41) is 0. The van der Waals surface area contributed by atoms with Crippen molar-refractivity contribution in [3.05, 3.63) is 24.3 Å². The van der Waals surface area contributed by atoms with E-state index in [-0.39, 0.29) is 0 Å². The molecule has 0 amide bonds. The highest BCUT2D eigenvalue weighted by molar-refractivity contribution is 5.31. The van der Waals surface area contributed by atoms with E-state index in [4.69, 9.17) is 14.2 Å². The van der Waals surface area contributed by atoms with E-state index in [2.05, 4.69) is 11.8 Å². The van der Waals surface area contributed by atoms with E-state index < -0.39 is 0 Å². The van der Waals surface area contributed by atoms with Crippen LogP contribution in [0, 0.1) is 0 Å². The zero-order valence-electron chi connectivity index (χ0n) is 13.8. The van der Waals surface area contributed by atoms with Crippen LogP contribution in [-0.4, -0.2) is 51.0 Å². The molecule has 0 saturated carbocycles. The highest BCUT2D eigenvalue weighted by Crippen LogP contribution is 2.18. The van der Waals surface area contributed by atoms with Gasteiger partial charge in [0.05, 0.1) is 26.4 Å². The molecular weight excluding hydrogens is 278 g/mol. The van der Waals surface area contributed by atoms with E-state index in [1.807, 2.05) is 24.3 Å². The Morgan fingerprint density at radius 1 is 0.909 bits per heavy atom. The van der Waals surface area contributed by atoms with Crippen LogP contribution in [0.15, 0.2) is 24.3 Å². The molecule has 1 aliphatic rings. The van der Waals surface area contributed by atoms with E-state index >= 15 is 0 Å². The van der Waals surface area contributed by atoms with Crippen LogP contribution in [0.5, 0.6) is 11.5 Å². The third-order valence-electron chi connectivity index (χ3n) is 3.83. The van der Waals surface area contributed by atoms with Crippen LogP contribution < -0.4 is 9.47 Å². The number of morpholine rings is 1.